The Balaban J connectivity index is 2.97. The van der Waals surface area contributed by atoms with Gasteiger partial charge in [-0.15, -0.1) is 22.8 Å². The van der Waals surface area contributed by atoms with Gasteiger partial charge in [0.25, 0.3) is 10.1 Å². The van der Waals surface area contributed by atoms with E-state index in [9.17, 15) is 8.42 Å². The Kier molecular flexibility index (Phi) is 2.11. The molecule has 2 N–H and O–H groups in total. The van der Waals surface area contributed by atoms with Crippen molar-refractivity contribution >= 4 is 22.7 Å². The van der Waals surface area contributed by atoms with Crippen molar-refractivity contribution in [3.63, 3.8) is 0 Å². The molecular weight excluding hydrogens is 192 g/mol. The Morgan fingerprint density at radius 3 is 2.64 bits per heavy atom. The fraction of sp³-hybridized carbons (Fsp3) is 0.500. The summed E-state index contributed by atoms with van der Waals surface area (Å²) < 4.78 is 27.8. The van der Waals surface area contributed by atoms with Crippen LogP contribution < -0.4 is 0 Å². The first-order valence-corrected chi connectivity index (χ1v) is 4.41. The van der Waals surface area contributed by atoms with Gasteiger partial charge in [0.05, 0.1) is 0 Å². The van der Waals surface area contributed by atoms with Crippen LogP contribution in [0.3, 0.4) is 0 Å². The fourth-order valence-corrected chi connectivity index (χ4v) is 0.883. The number of aromatic amines is 1. The van der Waals surface area contributed by atoms with Crippen LogP contribution in [0, 0.1) is 0 Å². The molecule has 0 spiro atoms. The molecule has 1 atom stereocenters. The number of hydrogen-bond acceptors (Lipinski definition) is 6. The molecule has 0 saturated carbocycles. The molecule has 1 aromatic heterocycles. The normalized spacial score (nSPS) is 14.7. The molecule has 0 aliphatic rings. The number of hydrogen-bond donors (Lipinski definition) is 3. The van der Waals surface area contributed by atoms with Gasteiger partial charge in [0.1, 0.15) is 0 Å². The van der Waals surface area contributed by atoms with Gasteiger partial charge in [0.15, 0.2) is 4.58 Å². The second-order valence-electron chi connectivity index (χ2n) is 1.64. The molecule has 0 saturated heterocycles. The van der Waals surface area contributed by atoms with Gasteiger partial charge in [-0.05, 0) is 0 Å². The first-order valence-electron chi connectivity index (χ1n) is 2.39. The maximum Gasteiger partial charge on any atom is 0.284 e. The number of rotatable bonds is 2. The second kappa shape index (κ2) is 2.75. The van der Waals surface area contributed by atoms with Gasteiger partial charge in [0.2, 0.25) is 5.82 Å². The van der Waals surface area contributed by atoms with Crippen LogP contribution in [-0.2, 0) is 10.1 Å². The van der Waals surface area contributed by atoms with E-state index in [1.165, 1.54) is 0 Å². The zero-order valence-electron chi connectivity index (χ0n) is 5.04. The van der Waals surface area contributed by atoms with E-state index in [4.69, 9.17) is 4.55 Å². The maximum absolute atomic E-state index is 10.4. The van der Waals surface area contributed by atoms with Crippen molar-refractivity contribution in [3.8, 4) is 0 Å². The summed E-state index contributed by atoms with van der Waals surface area (Å²) in [6, 6.07) is 0. The van der Waals surface area contributed by atoms with Gasteiger partial charge in [0, 0.05) is 0 Å². The largest absolute Gasteiger partial charge is 0.284 e. The summed E-state index contributed by atoms with van der Waals surface area (Å²) in [7, 11) is -4.25. The summed E-state index contributed by atoms with van der Waals surface area (Å²) in [5.74, 6) is -0.184. The van der Waals surface area contributed by atoms with E-state index < -0.39 is 14.7 Å². The Bertz CT molecular complexity index is 317. The molecule has 0 bridgehead atoms. The van der Waals surface area contributed by atoms with E-state index in [1.54, 1.807) is 0 Å². The number of nitrogens with one attached hydrogen (secondary N) is 1. The highest BCUT2D eigenvalue weighted by Crippen LogP contribution is 2.19. The van der Waals surface area contributed by atoms with Crippen LogP contribution in [0.5, 0.6) is 0 Å². The Morgan fingerprint density at radius 1 is 1.64 bits per heavy atom. The summed E-state index contributed by atoms with van der Waals surface area (Å²) in [4.78, 5) is 0. The lowest BCUT2D eigenvalue weighted by Crippen LogP contribution is -2.07. The third kappa shape index (κ3) is 1.88. The lowest BCUT2D eigenvalue weighted by Gasteiger charge is -1.98. The maximum atomic E-state index is 10.4. The van der Waals surface area contributed by atoms with Crippen LogP contribution in [0.4, 0.5) is 0 Å². The van der Waals surface area contributed by atoms with Crippen molar-refractivity contribution in [1.29, 1.82) is 0 Å². The number of H-pyrrole nitrogens is 1. The molecule has 11 heavy (non-hydrogen) atoms. The molecule has 0 fully saturated rings. The average molecular weight is 196 g/mol. The third-order valence-corrected chi connectivity index (χ3v) is 2.67. The van der Waals surface area contributed by atoms with Gasteiger partial charge in [-0.2, -0.15) is 13.6 Å². The van der Waals surface area contributed by atoms with Gasteiger partial charge in [-0.3, -0.25) is 4.55 Å². The van der Waals surface area contributed by atoms with Crippen LogP contribution >= 0.6 is 12.6 Å². The molecule has 0 aliphatic carbocycles. The number of aromatic nitrogens is 4. The van der Waals surface area contributed by atoms with Crippen LogP contribution in [0.1, 0.15) is 10.4 Å². The molecule has 1 aromatic rings. The van der Waals surface area contributed by atoms with E-state index in [0.29, 0.717) is 0 Å². The van der Waals surface area contributed by atoms with Crippen LogP contribution in [-0.4, -0.2) is 33.6 Å². The van der Waals surface area contributed by atoms with Gasteiger partial charge >= 0.3 is 0 Å². The first kappa shape index (κ1) is 8.43. The van der Waals surface area contributed by atoms with Crippen LogP contribution in [0.15, 0.2) is 0 Å². The first-order chi connectivity index (χ1) is 5.02. The van der Waals surface area contributed by atoms with Crippen molar-refractivity contribution in [1.82, 2.24) is 20.6 Å². The molecule has 7 nitrogen and oxygen atoms in total. The summed E-state index contributed by atoms with van der Waals surface area (Å²) >= 11 is 3.54. The third-order valence-electron chi connectivity index (χ3n) is 0.865. The lowest BCUT2D eigenvalue weighted by atomic mass is 10.7. The van der Waals surface area contributed by atoms with Crippen molar-refractivity contribution in [3.05, 3.63) is 5.82 Å². The molecular formula is C2H4N4O3S2. The van der Waals surface area contributed by atoms with E-state index in [2.05, 4.69) is 28.0 Å². The SMILES string of the molecule is O=S(=O)(O)C(S)c1nn[nH]n1. The average Bonchev–Trinajstić information content (AvgIpc) is 2.34. The molecule has 1 unspecified atom stereocenters. The summed E-state index contributed by atoms with van der Waals surface area (Å²) in [5, 5.41) is 11.8. The summed E-state index contributed by atoms with van der Waals surface area (Å²) in [6.07, 6.45) is 0. The van der Waals surface area contributed by atoms with E-state index in [-0.39, 0.29) is 5.82 Å². The monoisotopic (exact) mass is 196 g/mol. The van der Waals surface area contributed by atoms with Crippen molar-refractivity contribution in [2.45, 2.75) is 4.58 Å². The fourth-order valence-electron chi connectivity index (χ4n) is 0.407. The molecule has 0 radical (unpaired) electrons. The number of tetrazole rings is 1. The number of thiol groups is 1. The molecule has 1 heterocycles. The smallest absolute Gasteiger partial charge is 0.284 e. The lowest BCUT2D eigenvalue weighted by molar-refractivity contribution is 0.479. The van der Waals surface area contributed by atoms with Crippen molar-refractivity contribution in [2.24, 2.45) is 0 Å². The number of nitrogens with zero attached hydrogens (tertiary/aromatic N) is 3. The summed E-state index contributed by atoms with van der Waals surface area (Å²) in [6.45, 7) is 0. The van der Waals surface area contributed by atoms with Gasteiger partial charge in [-0.25, -0.2) is 0 Å². The molecule has 62 valence electrons. The molecule has 0 amide bonds. The zero-order chi connectivity index (χ0) is 8.48. The second-order valence-corrected chi connectivity index (χ2v) is 4.00. The molecule has 1 rings (SSSR count). The highest BCUT2D eigenvalue weighted by Gasteiger charge is 2.24. The summed E-state index contributed by atoms with van der Waals surface area (Å²) in [5.41, 5.74) is 0. The molecule has 0 aliphatic heterocycles. The van der Waals surface area contributed by atoms with Crippen LogP contribution in [0.2, 0.25) is 0 Å². The zero-order valence-corrected chi connectivity index (χ0v) is 6.75. The highest BCUT2D eigenvalue weighted by atomic mass is 32.3. The van der Waals surface area contributed by atoms with E-state index in [1.807, 2.05) is 5.21 Å². The molecule has 9 heteroatoms. The van der Waals surface area contributed by atoms with Crippen molar-refractivity contribution < 1.29 is 13.0 Å². The van der Waals surface area contributed by atoms with Crippen molar-refractivity contribution in [2.75, 3.05) is 0 Å². The minimum absolute atomic E-state index is 0.184. The minimum atomic E-state index is -4.25. The molecule has 0 aromatic carbocycles. The Labute approximate surface area is 67.4 Å². The standard InChI is InChI=1S/C2H4N4O3S2/c7-11(8,9)2(10)1-3-5-6-4-1/h2,10H,(H,7,8,9)(H,3,4,5,6). The quantitative estimate of drug-likeness (QED) is 0.414. The van der Waals surface area contributed by atoms with Gasteiger partial charge in [-0.1, -0.05) is 5.21 Å². The van der Waals surface area contributed by atoms with E-state index >= 15 is 0 Å². The van der Waals surface area contributed by atoms with Gasteiger partial charge < -0.3 is 0 Å². The predicted octanol–water partition coefficient (Wildman–Crippen LogP) is -0.984. The Morgan fingerprint density at radius 2 is 2.27 bits per heavy atom. The minimum Gasteiger partial charge on any atom is -0.284 e. The predicted molar refractivity (Wildman–Crippen MR) is 37.5 cm³/mol. The topological polar surface area (TPSA) is 109 Å². The van der Waals surface area contributed by atoms with E-state index in [0.717, 1.165) is 0 Å². The van der Waals surface area contributed by atoms with Crippen LogP contribution in [0.25, 0.3) is 0 Å². The highest BCUT2D eigenvalue weighted by molar-refractivity contribution is 8.01. The Hall–Kier alpha value is -0.670.